The van der Waals surface area contributed by atoms with Gasteiger partial charge in [0.1, 0.15) is 66.2 Å². The first-order valence-corrected chi connectivity index (χ1v) is 27.1. The molecule has 0 unspecified atom stereocenters. The van der Waals surface area contributed by atoms with E-state index in [1.54, 1.807) is 6.26 Å². The number of aliphatic hydroxyl groups excluding tert-OH is 2. The first-order chi connectivity index (χ1) is 37.0. The van der Waals surface area contributed by atoms with Gasteiger partial charge in [0.15, 0.2) is 0 Å². The minimum atomic E-state index is -1.83. The van der Waals surface area contributed by atoms with E-state index in [0.717, 1.165) is 6.92 Å². The number of carbonyl (C=O) groups is 13. The number of phenolic OH excluding ortho intramolecular Hbond substituents is 1. The Morgan fingerprint density at radius 1 is 0.506 bits per heavy atom. The van der Waals surface area contributed by atoms with E-state index in [4.69, 9.17) is 10.8 Å². The molecular weight excluding hydrogens is 1100 g/mol. The number of aliphatic hydroxyl groups is 2. The summed E-state index contributed by atoms with van der Waals surface area (Å²) in [6, 6.07) is -9.67. The number of aliphatic carboxylic acids is 2. The molecule has 10 atom stereocenters. The third kappa shape index (κ3) is 25.2. The standard InChI is InChI=1S/C47H73N11O18S3/c1-21(2)36(58-47(76)37(22(3)4)57-41(70)29(16-35(65)66)52-39(68)26(49-23(5)61)11-12-34(63)64)46(75)56-33(20-78)45(74)55-32(19-77)44(73)54-30(17-59)42(71)50-27(13-14-79-6)40(69)53-31(18-60)43(72)51-28(38(48)67)15-24-7-9-25(62)10-8-24/h7-10,21-22,26-33,36-37,59-60,62,77-78H,11-20H2,1-6H3,(H2,48,67)(H,49,61)(H,50,71)(H,51,72)(H,52,68)(H,53,69)(H,54,73)(H,55,74)(H,56,75)(H,57,70)(H,58,76)(H,63,64)(H,65,66)/t26-,27-,28-,29-,30-,31-,32-,33-,36-,37-/m0/s1. The van der Waals surface area contributed by atoms with Gasteiger partial charge in [0.25, 0.3) is 0 Å². The lowest BCUT2D eigenvalue weighted by Gasteiger charge is -2.29. The monoisotopic (exact) mass is 1180 g/mol. The number of carboxylic acids is 2. The average molecular weight is 1180 g/mol. The van der Waals surface area contributed by atoms with Crippen LogP contribution in [-0.2, 0) is 68.7 Å². The van der Waals surface area contributed by atoms with Crippen LogP contribution in [0.25, 0.3) is 0 Å². The van der Waals surface area contributed by atoms with Crippen molar-refractivity contribution in [2.45, 2.75) is 127 Å². The van der Waals surface area contributed by atoms with Crippen molar-refractivity contribution in [3.05, 3.63) is 29.8 Å². The molecular formula is C47H73N11O18S3. The normalized spacial score (nSPS) is 14.8. The van der Waals surface area contributed by atoms with Crippen LogP contribution in [0, 0.1) is 11.8 Å². The SMILES string of the molecule is CSCC[C@H](NC(=O)[C@H](CO)NC(=O)[C@H](CS)NC(=O)[C@H](CS)NC(=O)[C@@H](NC(=O)[C@@H](NC(=O)[C@H](CC(=O)O)NC(=O)[C@H](CCC(=O)O)NC(C)=O)C(C)C)C(C)C)C(=O)N[C@@H](CO)C(=O)N[C@@H](Cc1ccc(O)cc1)C(N)=O. The Labute approximate surface area is 470 Å². The van der Waals surface area contributed by atoms with Crippen LogP contribution in [-0.4, -0.2) is 200 Å². The maximum Gasteiger partial charge on any atom is 0.305 e. The summed E-state index contributed by atoms with van der Waals surface area (Å²) in [5, 5.41) is 71.7. The second-order valence-corrected chi connectivity index (χ2v) is 20.2. The van der Waals surface area contributed by atoms with Crippen molar-refractivity contribution in [3.63, 3.8) is 0 Å². The maximum absolute atomic E-state index is 13.7. The van der Waals surface area contributed by atoms with Gasteiger partial charge >= 0.3 is 11.9 Å². The van der Waals surface area contributed by atoms with E-state index in [0.29, 0.717) is 5.56 Å². The summed E-state index contributed by atoms with van der Waals surface area (Å²) in [5.41, 5.74) is 5.99. The fourth-order valence-corrected chi connectivity index (χ4v) is 7.99. The molecule has 79 heavy (non-hydrogen) atoms. The third-order valence-corrected chi connectivity index (χ3v) is 12.8. The van der Waals surface area contributed by atoms with E-state index in [2.05, 4.69) is 78.4 Å². The molecule has 0 saturated heterocycles. The molecule has 0 aliphatic heterocycles. The maximum atomic E-state index is 13.7. The largest absolute Gasteiger partial charge is 0.508 e. The Kier molecular flexibility index (Phi) is 31.6. The van der Waals surface area contributed by atoms with E-state index in [1.165, 1.54) is 63.7 Å². The predicted octanol–water partition coefficient (Wildman–Crippen LogP) is -5.46. The smallest absolute Gasteiger partial charge is 0.305 e. The number of primary amides is 1. The van der Waals surface area contributed by atoms with Crippen LogP contribution >= 0.6 is 37.0 Å². The highest BCUT2D eigenvalue weighted by atomic mass is 32.2. The Morgan fingerprint density at radius 2 is 0.873 bits per heavy atom. The molecule has 1 aromatic rings. The molecule has 0 fully saturated rings. The van der Waals surface area contributed by atoms with Gasteiger partial charge in [0, 0.05) is 31.3 Å². The van der Waals surface area contributed by atoms with Gasteiger partial charge in [-0.25, -0.2) is 0 Å². The van der Waals surface area contributed by atoms with Crippen LogP contribution in [0.15, 0.2) is 24.3 Å². The molecule has 29 nitrogen and oxygen atoms in total. The first-order valence-electron chi connectivity index (χ1n) is 24.5. The zero-order chi connectivity index (χ0) is 60.3. The van der Waals surface area contributed by atoms with Crippen LogP contribution in [0.2, 0.25) is 0 Å². The molecule has 0 spiro atoms. The van der Waals surface area contributed by atoms with E-state index >= 15 is 0 Å². The second kappa shape index (κ2) is 35.6. The molecule has 32 heteroatoms. The number of carboxylic acid groups (broad SMARTS) is 2. The summed E-state index contributed by atoms with van der Waals surface area (Å²) in [7, 11) is 0. The third-order valence-electron chi connectivity index (χ3n) is 11.4. The number of benzene rings is 1. The van der Waals surface area contributed by atoms with E-state index in [1.807, 2.05) is 0 Å². The molecule has 11 amide bonds. The summed E-state index contributed by atoms with van der Waals surface area (Å²) in [6.07, 6.45) is -0.452. The highest BCUT2D eigenvalue weighted by Gasteiger charge is 2.37. The Morgan fingerprint density at radius 3 is 1.28 bits per heavy atom. The number of thiol groups is 2. The number of phenols is 1. The number of aromatic hydroxyl groups is 1. The number of hydrogen-bond acceptors (Lipinski definition) is 19. The Bertz CT molecular complexity index is 2320. The minimum Gasteiger partial charge on any atom is -0.508 e. The molecule has 1 rings (SSSR count). The fourth-order valence-electron chi connectivity index (χ4n) is 7.00. The average Bonchev–Trinajstić information content (AvgIpc) is 3.37. The molecule has 0 radical (unpaired) electrons. The summed E-state index contributed by atoms with van der Waals surface area (Å²) < 4.78 is 0. The Balaban J connectivity index is 3.15. The Hall–Kier alpha value is -6.90. The predicted molar refractivity (Wildman–Crippen MR) is 290 cm³/mol. The van der Waals surface area contributed by atoms with E-state index in [9.17, 15) is 82.8 Å². The molecule has 0 bridgehead atoms. The summed E-state index contributed by atoms with van der Waals surface area (Å²) in [4.78, 5) is 168. The molecule has 17 N–H and O–H groups in total. The number of amides is 11. The van der Waals surface area contributed by atoms with Gasteiger partial charge in [-0.05, 0) is 54.4 Å². The zero-order valence-corrected chi connectivity index (χ0v) is 46.8. The van der Waals surface area contributed by atoms with Gasteiger partial charge in [-0.2, -0.15) is 37.0 Å². The number of thioether (sulfide) groups is 1. The van der Waals surface area contributed by atoms with Crippen LogP contribution in [0.3, 0.4) is 0 Å². The molecule has 0 aliphatic carbocycles. The van der Waals surface area contributed by atoms with Gasteiger partial charge in [0.05, 0.1) is 19.6 Å². The van der Waals surface area contributed by atoms with Gasteiger partial charge in [-0.1, -0.05) is 39.8 Å². The van der Waals surface area contributed by atoms with Crippen LogP contribution in [0.1, 0.15) is 65.9 Å². The van der Waals surface area contributed by atoms with Crippen LogP contribution < -0.4 is 58.9 Å². The fraction of sp³-hybridized carbons (Fsp3) is 0.596. The van der Waals surface area contributed by atoms with Gasteiger partial charge in [-0.3, -0.25) is 62.3 Å². The second-order valence-electron chi connectivity index (χ2n) is 18.5. The van der Waals surface area contributed by atoms with Crippen molar-refractivity contribution in [3.8, 4) is 5.75 Å². The molecule has 442 valence electrons. The van der Waals surface area contributed by atoms with Crippen molar-refractivity contribution in [1.29, 1.82) is 0 Å². The summed E-state index contributed by atoms with van der Waals surface area (Å²) >= 11 is 9.56. The van der Waals surface area contributed by atoms with Crippen molar-refractivity contribution in [1.82, 2.24) is 53.2 Å². The lowest BCUT2D eigenvalue weighted by atomic mass is 9.99. The number of nitrogens with one attached hydrogen (secondary N) is 10. The topological polar surface area (TPSA) is 469 Å². The zero-order valence-electron chi connectivity index (χ0n) is 44.2. The molecule has 0 heterocycles. The lowest BCUT2D eigenvalue weighted by Crippen LogP contribution is -2.62. The molecule has 1 aromatic carbocycles. The van der Waals surface area contributed by atoms with Gasteiger partial charge in [0.2, 0.25) is 65.0 Å². The summed E-state index contributed by atoms with van der Waals surface area (Å²) in [6.45, 7) is 5.11. The van der Waals surface area contributed by atoms with Crippen molar-refractivity contribution < 1.29 is 87.9 Å². The number of hydrogen-bond donors (Lipinski definition) is 18. The number of carbonyl (C=O) groups excluding carboxylic acids is 11. The van der Waals surface area contributed by atoms with Crippen molar-refractivity contribution in [2.24, 2.45) is 17.6 Å². The van der Waals surface area contributed by atoms with Crippen molar-refractivity contribution >= 4 is 114 Å². The lowest BCUT2D eigenvalue weighted by molar-refractivity contribution is -0.142. The first kappa shape index (κ1) is 70.1. The van der Waals surface area contributed by atoms with Gasteiger partial charge in [-0.15, -0.1) is 0 Å². The molecule has 0 saturated carbocycles. The molecule has 0 aromatic heterocycles. The van der Waals surface area contributed by atoms with Crippen LogP contribution in [0.4, 0.5) is 0 Å². The summed E-state index contributed by atoms with van der Waals surface area (Å²) in [5.74, 6) is -15.8. The molecule has 0 aliphatic rings. The highest BCUT2D eigenvalue weighted by molar-refractivity contribution is 7.98. The quantitative estimate of drug-likeness (QED) is 0.0279. The van der Waals surface area contributed by atoms with Crippen molar-refractivity contribution in [2.75, 3.05) is 36.7 Å². The number of rotatable bonds is 36. The van der Waals surface area contributed by atoms with E-state index in [-0.39, 0.29) is 30.1 Å². The van der Waals surface area contributed by atoms with Gasteiger partial charge < -0.3 is 84.4 Å². The van der Waals surface area contributed by atoms with E-state index < -0.39 is 187 Å². The highest BCUT2D eigenvalue weighted by Crippen LogP contribution is 2.13. The minimum absolute atomic E-state index is 0.0493. The number of nitrogens with two attached hydrogens (primary N) is 1. The van der Waals surface area contributed by atoms with Crippen LogP contribution in [0.5, 0.6) is 5.75 Å².